The van der Waals surface area contributed by atoms with Crippen molar-refractivity contribution in [2.75, 3.05) is 24.1 Å². The van der Waals surface area contributed by atoms with Gasteiger partial charge < -0.3 is 25.8 Å². The summed E-state index contributed by atoms with van der Waals surface area (Å²) in [4.78, 5) is 29.6. The number of thiophene rings is 1. The summed E-state index contributed by atoms with van der Waals surface area (Å²) in [7, 11) is 0. The molecule has 2 amide bonds. The van der Waals surface area contributed by atoms with Gasteiger partial charge in [-0.1, -0.05) is 48.5 Å². The lowest BCUT2D eigenvalue weighted by Crippen LogP contribution is -2.43. The van der Waals surface area contributed by atoms with E-state index in [2.05, 4.69) is 34.6 Å². The van der Waals surface area contributed by atoms with Crippen molar-refractivity contribution in [2.45, 2.75) is 51.8 Å². The molecule has 43 heavy (non-hydrogen) atoms. The number of anilines is 2. The average molecular weight is 599 g/mol. The number of hydrogen-bond donors (Lipinski definition) is 3. The van der Waals surface area contributed by atoms with Crippen molar-refractivity contribution < 1.29 is 19.1 Å². The Morgan fingerprint density at radius 1 is 0.977 bits per heavy atom. The van der Waals surface area contributed by atoms with Crippen LogP contribution in [0.25, 0.3) is 0 Å². The Hall–Kier alpha value is -4.34. The zero-order valence-electron chi connectivity index (χ0n) is 24.9. The van der Waals surface area contributed by atoms with Crippen LogP contribution >= 0.6 is 11.3 Å². The fourth-order valence-electron chi connectivity index (χ4n) is 5.31. The first-order chi connectivity index (χ1) is 20.6. The van der Waals surface area contributed by atoms with Gasteiger partial charge in [0.15, 0.2) is 0 Å². The Bertz CT molecular complexity index is 1550. The van der Waals surface area contributed by atoms with Gasteiger partial charge in [0, 0.05) is 29.7 Å². The van der Waals surface area contributed by atoms with E-state index in [4.69, 9.17) is 15.2 Å². The Balaban J connectivity index is 1.33. The summed E-state index contributed by atoms with van der Waals surface area (Å²) in [5.41, 5.74) is 8.99. The summed E-state index contributed by atoms with van der Waals surface area (Å²) in [5, 5.41) is 6.41. The minimum Gasteiger partial charge on any atom is -0.457 e. The first kappa shape index (κ1) is 30.1. The molecule has 4 aromatic rings. The first-order valence-electron chi connectivity index (χ1n) is 14.4. The second-order valence-electron chi connectivity index (χ2n) is 11.6. The summed E-state index contributed by atoms with van der Waals surface area (Å²) in [6.45, 7) is 8.73. The van der Waals surface area contributed by atoms with Crippen LogP contribution in [0.1, 0.15) is 66.1 Å². The van der Waals surface area contributed by atoms with E-state index in [1.54, 1.807) is 12.1 Å². The highest BCUT2D eigenvalue weighted by Gasteiger charge is 2.37. The normalized spacial score (nSPS) is 15.7. The number of ether oxygens (including phenoxy) is 2. The van der Waals surface area contributed by atoms with Gasteiger partial charge in [0.2, 0.25) is 0 Å². The number of carbonyl (C=O) groups excluding carboxylic acids is 2. The molecule has 8 nitrogen and oxygen atoms in total. The van der Waals surface area contributed by atoms with Gasteiger partial charge in [0.05, 0.1) is 11.6 Å². The van der Waals surface area contributed by atoms with E-state index < -0.39 is 11.6 Å². The van der Waals surface area contributed by atoms with Gasteiger partial charge in [-0.25, -0.2) is 9.59 Å². The highest BCUT2D eigenvalue weighted by molar-refractivity contribution is 7.16. The van der Waals surface area contributed by atoms with Crippen LogP contribution < -0.4 is 21.1 Å². The van der Waals surface area contributed by atoms with Gasteiger partial charge in [-0.05, 0) is 81.6 Å². The molecule has 2 atom stereocenters. The number of hydrogen-bond acceptors (Lipinski definition) is 7. The molecule has 0 bridgehead atoms. The van der Waals surface area contributed by atoms with Crippen molar-refractivity contribution in [1.29, 1.82) is 0 Å². The fraction of sp³-hybridized carbons (Fsp3) is 0.294. The molecule has 9 heteroatoms. The van der Waals surface area contributed by atoms with Gasteiger partial charge in [0.25, 0.3) is 0 Å². The number of esters is 1. The third kappa shape index (κ3) is 7.36. The van der Waals surface area contributed by atoms with Crippen molar-refractivity contribution >= 4 is 34.0 Å². The number of nitrogens with zero attached hydrogens (tertiary/aromatic N) is 1. The number of nitrogens with one attached hydrogen (secondary N) is 2. The summed E-state index contributed by atoms with van der Waals surface area (Å²) < 4.78 is 11.5. The Morgan fingerprint density at radius 2 is 1.60 bits per heavy atom. The lowest BCUT2D eigenvalue weighted by atomic mass is 9.94. The van der Waals surface area contributed by atoms with Gasteiger partial charge in [-0.15, -0.1) is 11.3 Å². The monoisotopic (exact) mass is 598 g/mol. The van der Waals surface area contributed by atoms with E-state index in [9.17, 15) is 9.59 Å². The third-order valence-corrected chi connectivity index (χ3v) is 8.48. The molecule has 2 heterocycles. The number of carbonyl (C=O) groups is 2. The molecule has 0 fully saturated rings. The van der Waals surface area contributed by atoms with E-state index >= 15 is 0 Å². The molecular weight excluding hydrogens is 560 g/mol. The van der Waals surface area contributed by atoms with Crippen LogP contribution in [0.5, 0.6) is 11.5 Å². The van der Waals surface area contributed by atoms with Crippen LogP contribution in [-0.4, -0.2) is 35.6 Å². The topological polar surface area (TPSA) is 106 Å². The predicted octanol–water partition coefficient (Wildman–Crippen LogP) is 7.56. The lowest BCUT2D eigenvalue weighted by Gasteiger charge is -2.40. The molecule has 2 unspecified atom stereocenters. The molecule has 3 aromatic carbocycles. The molecule has 0 radical (unpaired) electrons. The maximum atomic E-state index is 13.2. The van der Waals surface area contributed by atoms with Crippen molar-refractivity contribution in [3.63, 3.8) is 0 Å². The number of para-hydroxylation sites is 1. The number of nitrogens with two attached hydrogens (primary N) is 1. The number of benzene rings is 3. The molecular formula is C34H38N4O4S. The third-order valence-electron chi connectivity index (χ3n) is 7.32. The van der Waals surface area contributed by atoms with Crippen LogP contribution in [0.2, 0.25) is 0 Å². The van der Waals surface area contributed by atoms with Crippen molar-refractivity contribution in [2.24, 2.45) is 0 Å². The number of rotatable bonds is 8. The smallest absolute Gasteiger partial charge is 0.341 e. The molecule has 5 rings (SSSR count). The largest absolute Gasteiger partial charge is 0.457 e. The van der Waals surface area contributed by atoms with Crippen LogP contribution in [0.15, 0.2) is 84.9 Å². The summed E-state index contributed by atoms with van der Waals surface area (Å²) >= 11 is 1.40. The van der Waals surface area contributed by atoms with Gasteiger partial charge in [-0.3, -0.25) is 4.90 Å². The quantitative estimate of drug-likeness (QED) is 0.181. The van der Waals surface area contributed by atoms with Crippen molar-refractivity contribution in [3.8, 4) is 11.5 Å². The van der Waals surface area contributed by atoms with E-state index in [0.717, 1.165) is 16.2 Å². The Kier molecular flexibility index (Phi) is 9.03. The maximum Gasteiger partial charge on any atom is 0.341 e. The minimum atomic E-state index is -0.633. The average Bonchev–Trinajstić information content (AvgIpc) is 3.33. The SMILES string of the molecule is CC(c1ccccc1)N1CCc2c(sc(N)c2C(=O)OC(C)(C)C)C1CNC(=O)Nc1ccc(Oc2ccccc2)cc1. The molecule has 0 aliphatic carbocycles. The highest BCUT2D eigenvalue weighted by Crippen LogP contribution is 2.44. The summed E-state index contributed by atoms with van der Waals surface area (Å²) in [6, 6.07) is 26.6. The first-order valence-corrected chi connectivity index (χ1v) is 15.2. The van der Waals surface area contributed by atoms with Crippen LogP contribution in [0.4, 0.5) is 15.5 Å². The van der Waals surface area contributed by atoms with Crippen LogP contribution in [0.3, 0.4) is 0 Å². The molecule has 4 N–H and O–H groups in total. The van der Waals surface area contributed by atoms with E-state index in [0.29, 0.717) is 41.5 Å². The van der Waals surface area contributed by atoms with Crippen LogP contribution in [-0.2, 0) is 11.2 Å². The molecule has 0 spiro atoms. The second-order valence-corrected chi connectivity index (χ2v) is 12.6. The van der Waals surface area contributed by atoms with Gasteiger partial charge >= 0.3 is 12.0 Å². The zero-order chi connectivity index (χ0) is 30.6. The maximum absolute atomic E-state index is 13.2. The highest BCUT2D eigenvalue weighted by atomic mass is 32.1. The lowest BCUT2D eigenvalue weighted by molar-refractivity contribution is 0.00689. The number of fused-ring (bicyclic) bond motifs is 1. The molecule has 1 aliphatic rings. The number of nitrogen functional groups attached to an aromatic ring is 1. The number of urea groups is 1. The summed E-state index contributed by atoms with van der Waals surface area (Å²) in [6.07, 6.45) is 0.662. The zero-order valence-corrected chi connectivity index (χ0v) is 25.7. The van der Waals surface area contributed by atoms with E-state index in [1.807, 2.05) is 81.4 Å². The van der Waals surface area contributed by atoms with E-state index in [1.165, 1.54) is 16.9 Å². The minimum absolute atomic E-state index is 0.0784. The van der Waals surface area contributed by atoms with Gasteiger partial charge in [0.1, 0.15) is 22.1 Å². The molecule has 224 valence electrons. The molecule has 1 aliphatic heterocycles. The molecule has 1 aromatic heterocycles. The molecule has 0 saturated heterocycles. The van der Waals surface area contributed by atoms with E-state index in [-0.39, 0.29) is 18.1 Å². The van der Waals surface area contributed by atoms with Gasteiger partial charge in [-0.2, -0.15) is 0 Å². The standard InChI is InChI=1S/C34H38N4O4S/c1-22(23-11-7-5-8-12-23)38-20-19-27-29(32(39)42-34(2,3)4)31(35)43-30(27)28(38)21-36-33(40)37-24-15-17-26(18-16-24)41-25-13-9-6-10-14-25/h5-18,22,28H,19-21,35H2,1-4H3,(H2,36,37,40). The van der Waals surface area contributed by atoms with Crippen LogP contribution in [0, 0.1) is 0 Å². The summed E-state index contributed by atoms with van der Waals surface area (Å²) in [5.74, 6) is 1.01. The van der Waals surface area contributed by atoms with Crippen molar-refractivity contribution in [1.82, 2.24) is 10.2 Å². The van der Waals surface area contributed by atoms with Crippen molar-refractivity contribution in [3.05, 3.63) is 106 Å². The fourth-order valence-corrected chi connectivity index (χ4v) is 6.54. The Morgan fingerprint density at radius 3 is 2.26 bits per heavy atom. The molecule has 0 saturated carbocycles. The predicted molar refractivity (Wildman–Crippen MR) is 172 cm³/mol. The second kappa shape index (κ2) is 12.9. The number of amides is 2. The Labute approximate surface area is 256 Å².